The van der Waals surface area contributed by atoms with E-state index in [1.165, 1.54) is 0 Å². The number of nitrogens with one attached hydrogen (secondary N) is 2. The van der Waals surface area contributed by atoms with E-state index in [2.05, 4.69) is 22.5 Å². The summed E-state index contributed by atoms with van der Waals surface area (Å²) in [6.45, 7) is 8.87. The largest absolute Gasteiger partial charge is 0.383 e. The zero-order valence-electron chi connectivity index (χ0n) is 11.8. The Morgan fingerprint density at radius 3 is 2.50 bits per heavy atom. The van der Waals surface area contributed by atoms with E-state index in [-0.39, 0.29) is 24.0 Å². The van der Waals surface area contributed by atoms with Gasteiger partial charge in [0, 0.05) is 40.0 Å². The molecule has 0 aliphatic carbocycles. The molecule has 0 heterocycles. The van der Waals surface area contributed by atoms with Crippen molar-refractivity contribution < 1.29 is 9.47 Å². The van der Waals surface area contributed by atoms with Gasteiger partial charge in [0.25, 0.3) is 0 Å². The van der Waals surface area contributed by atoms with Crippen molar-refractivity contribution in [1.29, 1.82) is 0 Å². The highest BCUT2D eigenvalue weighted by atomic mass is 127. The van der Waals surface area contributed by atoms with Crippen LogP contribution >= 0.6 is 24.0 Å². The number of hydrogen-bond donors (Lipinski definition) is 2. The van der Waals surface area contributed by atoms with E-state index < -0.39 is 0 Å². The van der Waals surface area contributed by atoms with E-state index >= 15 is 0 Å². The van der Waals surface area contributed by atoms with Crippen molar-refractivity contribution in [1.82, 2.24) is 10.6 Å². The summed E-state index contributed by atoms with van der Waals surface area (Å²) < 4.78 is 10.2. The molecule has 0 rings (SSSR count). The monoisotopic (exact) mass is 373 g/mol. The lowest BCUT2D eigenvalue weighted by Crippen LogP contribution is -2.39. The number of nitrogens with zero attached hydrogens (tertiary/aromatic N) is 1. The van der Waals surface area contributed by atoms with E-state index in [4.69, 9.17) is 9.47 Å². The normalized spacial score (nSPS) is 10.9. The molecule has 0 atom stereocenters. The van der Waals surface area contributed by atoms with Gasteiger partial charge in [0.1, 0.15) is 0 Å². The lowest BCUT2D eigenvalue weighted by atomic mass is 10.3. The predicted octanol–water partition coefficient (Wildman–Crippen LogP) is 1.62. The van der Waals surface area contributed by atoms with Gasteiger partial charge in [-0.15, -0.1) is 24.0 Å². The summed E-state index contributed by atoms with van der Waals surface area (Å²) >= 11 is 0. The number of rotatable bonds is 10. The number of guanidine groups is 1. The third-order valence-electron chi connectivity index (χ3n) is 2.11. The van der Waals surface area contributed by atoms with E-state index in [9.17, 15) is 0 Å². The van der Waals surface area contributed by atoms with Crippen LogP contribution in [0.15, 0.2) is 4.99 Å². The molecular formula is C12H28IN3O2. The summed E-state index contributed by atoms with van der Waals surface area (Å²) in [6.07, 6.45) is 2.12. The molecule has 5 nitrogen and oxygen atoms in total. The van der Waals surface area contributed by atoms with Crippen molar-refractivity contribution in [3.63, 3.8) is 0 Å². The Labute approximate surface area is 128 Å². The number of unbranched alkanes of at least 4 members (excludes halogenated alkanes) is 1. The first-order chi connectivity index (χ1) is 8.35. The topological polar surface area (TPSA) is 54.9 Å². The van der Waals surface area contributed by atoms with Crippen LogP contribution in [0.1, 0.15) is 26.7 Å². The fourth-order valence-electron chi connectivity index (χ4n) is 1.26. The highest BCUT2D eigenvalue weighted by Gasteiger charge is 1.95. The third-order valence-corrected chi connectivity index (χ3v) is 2.11. The van der Waals surface area contributed by atoms with Crippen LogP contribution in [-0.2, 0) is 9.47 Å². The number of hydrogen-bond acceptors (Lipinski definition) is 3. The number of ether oxygens (including phenoxy) is 2. The lowest BCUT2D eigenvalue weighted by Gasteiger charge is -2.10. The molecule has 0 aromatic rings. The van der Waals surface area contributed by atoms with Gasteiger partial charge in [0.2, 0.25) is 0 Å². The first-order valence-corrected chi connectivity index (χ1v) is 6.44. The summed E-state index contributed by atoms with van der Waals surface area (Å²) in [5.41, 5.74) is 0. The molecule has 0 aromatic heterocycles. The van der Waals surface area contributed by atoms with E-state index in [0.29, 0.717) is 6.61 Å². The number of aliphatic imine (C=N–C) groups is 1. The Morgan fingerprint density at radius 2 is 1.89 bits per heavy atom. The van der Waals surface area contributed by atoms with Gasteiger partial charge in [-0.05, 0) is 26.7 Å². The molecule has 0 fully saturated rings. The minimum Gasteiger partial charge on any atom is -0.383 e. The van der Waals surface area contributed by atoms with Gasteiger partial charge in [-0.25, -0.2) is 0 Å². The highest BCUT2D eigenvalue weighted by Crippen LogP contribution is 1.90. The highest BCUT2D eigenvalue weighted by molar-refractivity contribution is 14.0. The Hall–Kier alpha value is -0.0800. The number of halogens is 1. The summed E-state index contributed by atoms with van der Waals surface area (Å²) in [5, 5.41) is 6.40. The van der Waals surface area contributed by atoms with Gasteiger partial charge >= 0.3 is 0 Å². The van der Waals surface area contributed by atoms with Crippen molar-refractivity contribution in [3.8, 4) is 0 Å². The molecule has 0 radical (unpaired) electrons. The molecular weight excluding hydrogens is 345 g/mol. The smallest absolute Gasteiger partial charge is 0.191 e. The molecule has 2 N–H and O–H groups in total. The van der Waals surface area contributed by atoms with E-state index in [1.807, 2.05) is 6.92 Å². The average molecular weight is 373 g/mol. The van der Waals surface area contributed by atoms with Crippen LogP contribution in [0.4, 0.5) is 0 Å². The molecule has 0 aromatic carbocycles. The van der Waals surface area contributed by atoms with Gasteiger partial charge in [-0.1, -0.05) is 0 Å². The third kappa shape index (κ3) is 14.0. The second-order valence-electron chi connectivity index (χ2n) is 3.58. The minimum atomic E-state index is 0. The summed E-state index contributed by atoms with van der Waals surface area (Å²) in [4.78, 5) is 4.47. The lowest BCUT2D eigenvalue weighted by molar-refractivity contribution is 0.144. The maximum Gasteiger partial charge on any atom is 0.191 e. The zero-order chi connectivity index (χ0) is 12.8. The molecule has 110 valence electrons. The van der Waals surface area contributed by atoms with Gasteiger partial charge in [0.15, 0.2) is 5.96 Å². The standard InChI is InChI=1S/C12H27N3O2.HI/c1-4-13-12(15-9-11-16-3)14-8-6-7-10-17-5-2;/h4-11H2,1-3H3,(H2,13,14,15);1H. The molecule has 0 unspecified atom stereocenters. The van der Waals surface area contributed by atoms with Crippen LogP contribution in [0.25, 0.3) is 0 Å². The Balaban J connectivity index is 0. The Kier molecular flexibility index (Phi) is 19.0. The van der Waals surface area contributed by atoms with Crippen LogP contribution in [0.2, 0.25) is 0 Å². The molecule has 0 bridgehead atoms. The molecule has 0 saturated carbocycles. The van der Waals surface area contributed by atoms with Gasteiger partial charge in [-0.3, -0.25) is 4.99 Å². The summed E-state index contributed by atoms with van der Waals surface area (Å²) in [6, 6.07) is 0. The predicted molar refractivity (Wildman–Crippen MR) is 87.0 cm³/mol. The molecule has 0 aliphatic rings. The van der Waals surface area contributed by atoms with Gasteiger partial charge < -0.3 is 20.1 Å². The van der Waals surface area contributed by atoms with Gasteiger partial charge in [-0.2, -0.15) is 0 Å². The van der Waals surface area contributed by atoms with Crippen LogP contribution in [0, 0.1) is 0 Å². The fourth-order valence-corrected chi connectivity index (χ4v) is 1.26. The van der Waals surface area contributed by atoms with Crippen molar-refractivity contribution >= 4 is 29.9 Å². The van der Waals surface area contributed by atoms with E-state index in [1.54, 1.807) is 7.11 Å². The Bertz CT molecular complexity index is 192. The molecule has 0 saturated heterocycles. The average Bonchev–Trinajstić information content (AvgIpc) is 2.34. The van der Waals surface area contributed by atoms with Crippen molar-refractivity contribution in [2.45, 2.75) is 26.7 Å². The molecule has 18 heavy (non-hydrogen) atoms. The molecule has 0 aliphatic heterocycles. The second-order valence-corrected chi connectivity index (χ2v) is 3.58. The molecule has 0 spiro atoms. The summed E-state index contributed by atoms with van der Waals surface area (Å²) in [7, 11) is 1.69. The van der Waals surface area contributed by atoms with Gasteiger partial charge in [0.05, 0.1) is 6.61 Å². The Morgan fingerprint density at radius 1 is 1.11 bits per heavy atom. The molecule has 6 heteroatoms. The maximum absolute atomic E-state index is 5.27. The first-order valence-electron chi connectivity index (χ1n) is 6.44. The van der Waals surface area contributed by atoms with Crippen LogP contribution in [0.3, 0.4) is 0 Å². The van der Waals surface area contributed by atoms with Crippen LogP contribution in [0.5, 0.6) is 0 Å². The fraction of sp³-hybridized carbons (Fsp3) is 0.917. The second kappa shape index (κ2) is 16.9. The van der Waals surface area contributed by atoms with Crippen LogP contribution in [-0.4, -0.2) is 52.5 Å². The van der Waals surface area contributed by atoms with Crippen molar-refractivity contribution in [2.24, 2.45) is 4.99 Å². The minimum absolute atomic E-state index is 0. The number of methoxy groups -OCH3 is 1. The van der Waals surface area contributed by atoms with Crippen molar-refractivity contribution in [3.05, 3.63) is 0 Å². The summed E-state index contributed by atoms with van der Waals surface area (Å²) in [5.74, 6) is 0.862. The first kappa shape index (κ1) is 20.2. The zero-order valence-corrected chi connectivity index (χ0v) is 14.2. The SMILES string of the molecule is CCNC(=NCCCCOCC)NCCOC.I. The van der Waals surface area contributed by atoms with Crippen LogP contribution < -0.4 is 10.6 Å². The van der Waals surface area contributed by atoms with Crippen molar-refractivity contribution in [2.75, 3.05) is 46.6 Å². The quantitative estimate of drug-likeness (QED) is 0.265. The van der Waals surface area contributed by atoms with E-state index in [0.717, 1.165) is 51.6 Å². The molecule has 0 amide bonds. The maximum atomic E-state index is 5.27.